The predicted molar refractivity (Wildman–Crippen MR) is 122 cm³/mol. The number of nitrogens with zero attached hydrogens (tertiary/aromatic N) is 1. The van der Waals surface area contributed by atoms with Crippen LogP contribution in [0.2, 0.25) is 0 Å². The third-order valence-electron chi connectivity index (χ3n) is 4.97. The molecule has 0 unspecified atom stereocenters. The average Bonchev–Trinajstić information content (AvgIpc) is 3.22. The summed E-state index contributed by atoms with van der Waals surface area (Å²) in [6, 6.07) is 26.8. The number of aromatic amines is 1. The first-order chi connectivity index (χ1) is 15.2. The summed E-state index contributed by atoms with van der Waals surface area (Å²) in [5.41, 5.74) is 6.06. The van der Waals surface area contributed by atoms with Crippen LogP contribution in [0, 0.1) is 0 Å². The number of aromatic nitrogens is 1. The van der Waals surface area contributed by atoms with Crippen LogP contribution in [0.1, 0.15) is 22.6 Å². The van der Waals surface area contributed by atoms with Gasteiger partial charge < -0.3 is 10.3 Å². The monoisotopic (exact) mass is 410 g/mol. The fraction of sp³-hybridized carbons (Fsp3) is 0.0800. The van der Waals surface area contributed by atoms with Crippen LogP contribution in [0.5, 0.6) is 0 Å². The van der Waals surface area contributed by atoms with E-state index in [2.05, 4.69) is 20.8 Å². The van der Waals surface area contributed by atoms with Gasteiger partial charge >= 0.3 is 0 Å². The Morgan fingerprint density at radius 1 is 0.871 bits per heavy atom. The molecule has 0 saturated carbocycles. The van der Waals surface area contributed by atoms with Crippen molar-refractivity contribution in [2.24, 2.45) is 5.10 Å². The maximum Gasteiger partial charge on any atom is 0.259 e. The van der Waals surface area contributed by atoms with Crippen molar-refractivity contribution >= 4 is 28.9 Å². The molecule has 2 amide bonds. The van der Waals surface area contributed by atoms with E-state index in [0.717, 1.165) is 27.6 Å². The van der Waals surface area contributed by atoms with E-state index < -0.39 is 11.8 Å². The fourth-order valence-corrected chi connectivity index (χ4v) is 3.47. The van der Waals surface area contributed by atoms with Crippen molar-refractivity contribution in [3.05, 3.63) is 108 Å². The van der Waals surface area contributed by atoms with Crippen LogP contribution in [-0.4, -0.2) is 29.6 Å². The Balaban J connectivity index is 1.38. The van der Waals surface area contributed by atoms with Crippen LogP contribution in [0.25, 0.3) is 10.9 Å². The first-order valence-electron chi connectivity index (χ1n) is 9.98. The average molecular weight is 410 g/mol. The van der Waals surface area contributed by atoms with Crippen molar-refractivity contribution < 1.29 is 9.59 Å². The zero-order chi connectivity index (χ0) is 21.5. The molecule has 0 saturated heterocycles. The van der Waals surface area contributed by atoms with Gasteiger partial charge in [0.2, 0.25) is 5.91 Å². The molecule has 1 heterocycles. The lowest BCUT2D eigenvalue weighted by molar-refractivity contribution is -0.126. The van der Waals surface area contributed by atoms with Crippen LogP contribution in [0.4, 0.5) is 0 Å². The van der Waals surface area contributed by atoms with Gasteiger partial charge in [-0.05, 0) is 17.2 Å². The van der Waals surface area contributed by atoms with Gasteiger partial charge in [-0.25, -0.2) is 5.43 Å². The minimum absolute atomic E-state index is 0.166. The Labute approximate surface area is 180 Å². The summed E-state index contributed by atoms with van der Waals surface area (Å²) in [7, 11) is 0. The second-order valence-electron chi connectivity index (χ2n) is 7.05. The number of amides is 2. The van der Waals surface area contributed by atoms with E-state index in [4.69, 9.17) is 0 Å². The second kappa shape index (κ2) is 9.54. The van der Waals surface area contributed by atoms with Crippen LogP contribution in [0.15, 0.2) is 96.2 Å². The van der Waals surface area contributed by atoms with Crippen LogP contribution >= 0.6 is 0 Å². The van der Waals surface area contributed by atoms with Crippen LogP contribution in [0.3, 0.4) is 0 Å². The van der Waals surface area contributed by atoms with Crippen molar-refractivity contribution in [2.75, 3.05) is 6.54 Å². The number of hydrazone groups is 1. The maximum absolute atomic E-state index is 12.9. The molecule has 31 heavy (non-hydrogen) atoms. The summed E-state index contributed by atoms with van der Waals surface area (Å²) >= 11 is 0. The number of hydrogen-bond acceptors (Lipinski definition) is 3. The number of carbonyl (C=O) groups excluding carboxylic acids is 2. The van der Waals surface area contributed by atoms with Crippen molar-refractivity contribution in [1.29, 1.82) is 0 Å². The van der Waals surface area contributed by atoms with E-state index in [1.165, 1.54) is 0 Å². The highest BCUT2D eigenvalue weighted by atomic mass is 16.2. The van der Waals surface area contributed by atoms with Gasteiger partial charge in [0, 0.05) is 22.7 Å². The molecule has 6 heteroatoms. The van der Waals surface area contributed by atoms with E-state index in [9.17, 15) is 9.59 Å². The van der Waals surface area contributed by atoms with E-state index >= 15 is 0 Å². The SMILES string of the molecule is O=C(CNC(=O)C(c1ccccc1)c1ccccc1)NN=Cc1c[nH]c2ccccc12. The van der Waals surface area contributed by atoms with Gasteiger partial charge in [0.1, 0.15) is 0 Å². The first-order valence-corrected chi connectivity index (χ1v) is 9.98. The van der Waals surface area contributed by atoms with Crippen molar-refractivity contribution in [3.63, 3.8) is 0 Å². The number of nitrogens with one attached hydrogen (secondary N) is 3. The second-order valence-corrected chi connectivity index (χ2v) is 7.05. The highest BCUT2D eigenvalue weighted by molar-refractivity contribution is 5.99. The van der Waals surface area contributed by atoms with E-state index in [0.29, 0.717) is 0 Å². The van der Waals surface area contributed by atoms with Crippen LogP contribution in [-0.2, 0) is 9.59 Å². The molecule has 3 aromatic carbocycles. The molecule has 1 aromatic heterocycles. The zero-order valence-electron chi connectivity index (χ0n) is 16.8. The third kappa shape index (κ3) is 4.87. The summed E-state index contributed by atoms with van der Waals surface area (Å²) in [5, 5.41) is 7.75. The van der Waals surface area contributed by atoms with E-state index in [1.54, 1.807) is 6.21 Å². The van der Waals surface area contributed by atoms with Crippen molar-refractivity contribution in [1.82, 2.24) is 15.7 Å². The Hall–Kier alpha value is -4.19. The molecular formula is C25H22N4O2. The normalized spacial score (nSPS) is 11.1. The minimum atomic E-state index is -0.495. The number of benzene rings is 3. The van der Waals surface area contributed by atoms with Crippen molar-refractivity contribution in [2.45, 2.75) is 5.92 Å². The third-order valence-corrected chi connectivity index (χ3v) is 4.97. The lowest BCUT2D eigenvalue weighted by Crippen LogP contribution is -2.37. The van der Waals surface area contributed by atoms with Gasteiger partial charge in [0.05, 0.1) is 18.7 Å². The standard InChI is InChI=1S/C25H22N4O2/c30-23(29-28-16-20-15-26-22-14-8-7-13-21(20)22)17-27-25(31)24(18-9-3-1-4-10-18)19-11-5-2-6-12-19/h1-16,24,26H,17H2,(H,27,31)(H,29,30). The molecule has 0 fully saturated rings. The Bertz CT molecular complexity index is 1160. The van der Waals surface area contributed by atoms with E-state index in [-0.39, 0.29) is 12.5 Å². The quantitative estimate of drug-likeness (QED) is 0.321. The molecule has 3 N–H and O–H groups in total. The smallest absolute Gasteiger partial charge is 0.259 e. The van der Waals surface area contributed by atoms with Gasteiger partial charge in [0.15, 0.2) is 0 Å². The van der Waals surface area contributed by atoms with Crippen molar-refractivity contribution in [3.8, 4) is 0 Å². The Morgan fingerprint density at radius 3 is 2.16 bits per heavy atom. The molecule has 0 spiro atoms. The molecule has 0 aliphatic rings. The summed E-state index contributed by atoms with van der Waals surface area (Å²) in [4.78, 5) is 28.3. The lowest BCUT2D eigenvalue weighted by atomic mass is 9.90. The van der Waals surface area contributed by atoms with E-state index in [1.807, 2.05) is 91.1 Å². The Kier molecular flexibility index (Phi) is 6.18. The minimum Gasteiger partial charge on any atom is -0.361 e. The molecule has 154 valence electrons. The molecule has 6 nitrogen and oxygen atoms in total. The summed E-state index contributed by atoms with van der Waals surface area (Å²) in [6.07, 6.45) is 3.40. The molecule has 0 aliphatic heterocycles. The molecular weight excluding hydrogens is 388 g/mol. The van der Waals surface area contributed by atoms with Gasteiger partial charge in [-0.3, -0.25) is 9.59 Å². The summed E-state index contributed by atoms with van der Waals surface area (Å²) < 4.78 is 0. The molecule has 0 atom stereocenters. The van der Waals surface area contributed by atoms with Gasteiger partial charge in [-0.15, -0.1) is 0 Å². The van der Waals surface area contributed by atoms with Gasteiger partial charge in [-0.1, -0.05) is 78.9 Å². The lowest BCUT2D eigenvalue weighted by Gasteiger charge is -2.17. The summed E-state index contributed by atoms with van der Waals surface area (Å²) in [5.74, 6) is -1.14. The molecule has 4 aromatic rings. The number of para-hydroxylation sites is 1. The number of carbonyl (C=O) groups is 2. The topological polar surface area (TPSA) is 86.3 Å². The highest BCUT2D eigenvalue weighted by Gasteiger charge is 2.22. The predicted octanol–water partition coefficient (Wildman–Crippen LogP) is 3.57. The van der Waals surface area contributed by atoms with Gasteiger partial charge in [-0.2, -0.15) is 5.10 Å². The molecule has 0 aliphatic carbocycles. The zero-order valence-corrected chi connectivity index (χ0v) is 16.8. The van der Waals surface area contributed by atoms with Crippen LogP contribution < -0.4 is 10.7 Å². The molecule has 0 bridgehead atoms. The maximum atomic E-state index is 12.9. The Morgan fingerprint density at radius 2 is 1.48 bits per heavy atom. The van der Waals surface area contributed by atoms with Gasteiger partial charge in [0.25, 0.3) is 5.91 Å². The number of rotatable bonds is 7. The number of fused-ring (bicyclic) bond motifs is 1. The number of H-pyrrole nitrogens is 1. The molecule has 4 rings (SSSR count). The number of hydrogen-bond donors (Lipinski definition) is 3. The highest BCUT2D eigenvalue weighted by Crippen LogP contribution is 2.24. The summed E-state index contributed by atoms with van der Waals surface area (Å²) in [6.45, 7) is -0.166. The largest absolute Gasteiger partial charge is 0.361 e. The fourth-order valence-electron chi connectivity index (χ4n) is 3.47. The molecule has 0 radical (unpaired) electrons. The first kappa shape index (κ1) is 20.1.